The first kappa shape index (κ1) is 43.0. The van der Waals surface area contributed by atoms with Gasteiger partial charge >= 0.3 is 0 Å². The lowest BCUT2D eigenvalue weighted by Crippen LogP contribution is -2.49. The van der Waals surface area contributed by atoms with E-state index in [-0.39, 0.29) is 23.4 Å². The van der Waals surface area contributed by atoms with E-state index in [1.807, 2.05) is 41.4 Å². The highest BCUT2D eigenvalue weighted by Crippen LogP contribution is 2.42. The highest BCUT2D eigenvalue weighted by atomic mass is 16.5. The minimum atomic E-state index is -0.475. The number of rotatable bonds is 18. The van der Waals surface area contributed by atoms with Crippen LogP contribution in [-0.2, 0) is 42.2 Å². The number of anilines is 2. The van der Waals surface area contributed by atoms with E-state index in [4.69, 9.17) is 24.3 Å². The van der Waals surface area contributed by atoms with Crippen LogP contribution in [0.2, 0.25) is 0 Å². The fourth-order valence-electron chi connectivity index (χ4n) is 9.58. The minimum Gasteiger partial charge on any atom is -0.375 e. The maximum atomic E-state index is 13.8. The number of fused-ring (bicyclic) bond motifs is 4. The van der Waals surface area contributed by atoms with Gasteiger partial charge in [0.25, 0.3) is 5.91 Å². The number of hydrogen-bond donors (Lipinski definition) is 3. The summed E-state index contributed by atoms with van der Waals surface area (Å²) in [5.41, 5.74) is 10.8. The largest absolute Gasteiger partial charge is 0.375 e. The van der Waals surface area contributed by atoms with Crippen LogP contribution in [0.4, 0.5) is 11.6 Å². The van der Waals surface area contributed by atoms with Crippen LogP contribution < -0.4 is 10.6 Å². The van der Waals surface area contributed by atoms with Crippen LogP contribution in [-0.4, -0.2) is 74.6 Å². The van der Waals surface area contributed by atoms with Gasteiger partial charge in [-0.3, -0.25) is 14.4 Å². The predicted molar refractivity (Wildman–Crippen MR) is 249 cm³/mol. The Morgan fingerprint density at radius 2 is 1.91 bits per heavy atom. The third-order valence-electron chi connectivity index (χ3n) is 13.2. The van der Waals surface area contributed by atoms with E-state index in [0.29, 0.717) is 87.2 Å². The van der Waals surface area contributed by atoms with Crippen molar-refractivity contribution in [1.29, 1.82) is 0 Å². The number of Topliss-reactive ketones (excluding diaryl/α,β-unsaturated/α-hetero) is 1. The SMILES string of the molecule is C=C1CCC(N2Cc3c(CCCOCc4cn(CCCCC(=O)c5nc(Nc6cc(C7CC7)nn6CC)c6c(n5)[nH]c5cc(-c7c(C)noc7C)c(C)cc56)cn4)cccc3C2=O)C(=O)N1. The summed E-state index contributed by atoms with van der Waals surface area (Å²) >= 11 is 0. The first-order valence-electron chi connectivity index (χ1n) is 23.2. The Morgan fingerprint density at radius 1 is 1.05 bits per heavy atom. The highest BCUT2D eigenvalue weighted by molar-refractivity contribution is 6.13. The lowest BCUT2D eigenvalue weighted by Gasteiger charge is -2.31. The van der Waals surface area contributed by atoms with Gasteiger partial charge in [-0.15, -0.1) is 0 Å². The molecule has 2 aromatic carbocycles. The lowest BCUT2D eigenvalue weighted by atomic mass is 9.97. The molecule has 10 rings (SSSR count). The van der Waals surface area contributed by atoms with Crippen LogP contribution in [0.25, 0.3) is 33.1 Å². The fourth-order valence-corrected chi connectivity index (χ4v) is 9.58. The van der Waals surface area contributed by atoms with Crippen molar-refractivity contribution >= 4 is 51.2 Å². The molecule has 7 aromatic rings. The molecule has 1 aliphatic carbocycles. The summed E-state index contributed by atoms with van der Waals surface area (Å²) in [6, 6.07) is 11.7. The van der Waals surface area contributed by atoms with E-state index >= 15 is 0 Å². The Hall–Kier alpha value is -6.94. The number of aromatic amines is 1. The zero-order chi connectivity index (χ0) is 45.6. The first-order valence-corrected chi connectivity index (χ1v) is 23.2. The Morgan fingerprint density at radius 3 is 2.70 bits per heavy atom. The second kappa shape index (κ2) is 17.8. The number of carbonyl (C=O) groups excluding carboxylic acids is 3. The molecule has 16 heteroatoms. The Kier molecular flexibility index (Phi) is 11.6. The number of ether oxygens (including phenoxy) is 1. The Bertz CT molecular complexity index is 3020. The van der Waals surface area contributed by atoms with Gasteiger partial charge in [0.2, 0.25) is 5.91 Å². The number of carbonyl (C=O) groups is 3. The number of nitrogens with one attached hydrogen (secondary N) is 3. The second-order valence-electron chi connectivity index (χ2n) is 18.0. The topological polar surface area (TPSA) is 191 Å². The number of amides is 2. The average molecular weight is 890 g/mol. The minimum absolute atomic E-state index is 0.0870. The van der Waals surface area contributed by atoms with E-state index in [2.05, 4.69) is 70.5 Å². The molecular formula is C50H55N11O5. The molecule has 340 valence electrons. The monoisotopic (exact) mass is 889 g/mol. The zero-order valence-corrected chi connectivity index (χ0v) is 38.0. The van der Waals surface area contributed by atoms with E-state index in [9.17, 15) is 14.4 Å². The van der Waals surface area contributed by atoms with Crippen LogP contribution in [0.5, 0.6) is 0 Å². The van der Waals surface area contributed by atoms with Gasteiger partial charge in [-0.1, -0.05) is 23.9 Å². The highest BCUT2D eigenvalue weighted by Gasteiger charge is 2.39. The number of piperidine rings is 1. The van der Waals surface area contributed by atoms with Crippen molar-refractivity contribution in [2.24, 2.45) is 0 Å². The summed E-state index contributed by atoms with van der Waals surface area (Å²) < 4.78 is 15.5. The number of imidazole rings is 1. The summed E-state index contributed by atoms with van der Waals surface area (Å²) in [4.78, 5) is 59.3. The van der Waals surface area contributed by atoms with Crippen LogP contribution in [0.15, 0.2) is 65.7 Å². The molecule has 0 spiro atoms. The number of H-pyrrole nitrogens is 1. The zero-order valence-electron chi connectivity index (χ0n) is 38.0. The van der Waals surface area contributed by atoms with Crippen molar-refractivity contribution in [3.63, 3.8) is 0 Å². The van der Waals surface area contributed by atoms with E-state index in [0.717, 1.165) is 105 Å². The number of aromatic nitrogens is 8. The van der Waals surface area contributed by atoms with Crippen molar-refractivity contribution < 1.29 is 23.6 Å². The Labute approximate surface area is 382 Å². The van der Waals surface area contributed by atoms with Gasteiger partial charge in [0.15, 0.2) is 11.6 Å². The number of nitrogens with zero attached hydrogens (tertiary/aromatic N) is 8. The molecule has 0 bridgehead atoms. The van der Waals surface area contributed by atoms with Crippen LogP contribution in [0.1, 0.15) is 125 Å². The maximum Gasteiger partial charge on any atom is 0.255 e. The number of hydrogen-bond acceptors (Lipinski definition) is 11. The van der Waals surface area contributed by atoms with Gasteiger partial charge in [-0.25, -0.2) is 19.6 Å². The van der Waals surface area contributed by atoms with Gasteiger partial charge < -0.3 is 34.3 Å². The molecule has 1 saturated carbocycles. The summed E-state index contributed by atoms with van der Waals surface area (Å²) in [5, 5.41) is 17.2. The first-order chi connectivity index (χ1) is 32.0. The molecule has 3 aliphatic rings. The number of benzene rings is 2. The second-order valence-corrected chi connectivity index (χ2v) is 18.0. The van der Waals surface area contributed by atoms with E-state index in [1.165, 1.54) is 0 Å². The molecule has 3 N–H and O–H groups in total. The molecule has 66 heavy (non-hydrogen) atoms. The number of ketones is 1. The number of unbranched alkanes of at least 4 members (excludes halogenated alkanes) is 1. The summed E-state index contributed by atoms with van der Waals surface area (Å²) in [6.07, 6.45) is 10.6. The van der Waals surface area contributed by atoms with Crippen LogP contribution >= 0.6 is 0 Å². The van der Waals surface area contributed by atoms with Crippen molar-refractivity contribution in [3.05, 3.63) is 112 Å². The van der Waals surface area contributed by atoms with Crippen molar-refractivity contribution in [2.75, 3.05) is 11.9 Å². The lowest BCUT2D eigenvalue weighted by molar-refractivity contribution is -0.126. The van der Waals surface area contributed by atoms with Gasteiger partial charge in [-0.05, 0) is 120 Å². The molecular weight excluding hydrogens is 835 g/mol. The molecule has 7 heterocycles. The maximum absolute atomic E-state index is 13.8. The molecule has 1 atom stereocenters. The molecule has 1 saturated heterocycles. The van der Waals surface area contributed by atoms with Gasteiger partial charge in [-0.2, -0.15) is 5.10 Å². The van der Waals surface area contributed by atoms with Gasteiger partial charge in [0.05, 0.1) is 35.4 Å². The number of allylic oxidation sites excluding steroid dienone is 1. The van der Waals surface area contributed by atoms with Crippen molar-refractivity contribution in [2.45, 2.75) is 124 Å². The standard InChI is InChI=1S/C50H55N11O5/c1-6-61-43(23-39(57-61)33-16-17-33)54-48-45-37-21-28(2)36(44-30(4)58-66-31(44)5)22-40(37)53-47(45)55-46(56-48)42(62)14-7-8-19-59-24-34(51-27-59)26-65-20-10-12-32-11-9-13-35-38(32)25-60(50(35)64)41-18-15-29(3)52-49(41)63/h9,11,13,21-24,27,33,41H,3,6-8,10,12,14-20,25-26H2,1-2,4-5H3,(H,52,63)(H2,53,54,55,56). The summed E-state index contributed by atoms with van der Waals surface area (Å²) in [7, 11) is 0. The van der Waals surface area contributed by atoms with Gasteiger partial charge in [0, 0.05) is 78.6 Å². The normalized spacial score (nSPS) is 16.2. The van der Waals surface area contributed by atoms with Crippen LogP contribution in [0, 0.1) is 20.8 Å². The third-order valence-corrected chi connectivity index (χ3v) is 13.2. The average Bonchev–Trinajstić information content (AvgIpc) is 3.55. The molecule has 2 fully saturated rings. The van der Waals surface area contributed by atoms with E-state index in [1.54, 1.807) is 11.2 Å². The molecule has 16 nitrogen and oxygen atoms in total. The fraction of sp³-hybridized carbons (Fsp3) is 0.400. The Balaban J connectivity index is 0.754. The predicted octanol–water partition coefficient (Wildman–Crippen LogP) is 8.68. The molecule has 0 radical (unpaired) electrons. The van der Waals surface area contributed by atoms with Gasteiger partial charge in [0.1, 0.15) is 29.1 Å². The van der Waals surface area contributed by atoms with Crippen molar-refractivity contribution in [3.8, 4) is 11.1 Å². The van der Waals surface area contributed by atoms with Crippen molar-refractivity contribution in [1.82, 2.24) is 49.7 Å². The number of aryl methyl sites for hydroxylation is 6. The quantitative estimate of drug-likeness (QED) is 0.0552. The smallest absolute Gasteiger partial charge is 0.255 e. The van der Waals surface area contributed by atoms with E-state index < -0.39 is 6.04 Å². The molecule has 2 amide bonds. The third kappa shape index (κ3) is 8.41. The molecule has 1 unspecified atom stereocenters. The van der Waals surface area contributed by atoms with Crippen LogP contribution in [0.3, 0.4) is 0 Å². The summed E-state index contributed by atoms with van der Waals surface area (Å²) in [6.45, 7) is 14.6. The summed E-state index contributed by atoms with van der Waals surface area (Å²) in [5.74, 6) is 2.44. The molecule has 5 aromatic heterocycles. The molecule has 2 aliphatic heterocycles.